The molecule has 0 atom stereocenters. The molecule has 0 radical (unpaired) electrons. The van der Waals surface area contributed by atoms with E-state index < -0.39 is 5.91 Å². The maximum atomic E-state index is 10.6. The van der Waals surface area contributed by atoms with Crippen molar-refractivity contribution in [2.24, 2.45) is 5.73 Å². The molecule has 4 heteroatoms. The van der Waals surface area contributed by atoms with Gasteiger partial charge in [-0.25, -0.2) is 4.98 Å². The van der Waals surface area contributed by atoms with E-state index in [1.54, 1.807) is 6.08 Å². The van der Waals surface area contributed by atoms with Crippen LogP contribution in [0.5, 0.6) is 0 Å². The first-order chi connectivity index (χ1) is 7.66. The highest BCUT2D eigenvalue weighted by atomic mass is 35.5. The number of rotatable bonds is 2. The van der Waals surface area contributed by atoms with Crippen LogP contribution in [0.15, 0.2) is 36.4 Å². The van der Waals surface area contributed by atoms with Crippen LogP contribution < -0.4 is 5.73 Å². The third kappa shape index (κ3) is 2.20. The molecule has 0 aliphatic carbocycles. The number of para-hydroxylation sites is 1. The third-order valence-corrected chi connectivity index (χ3v) is 2.43. The molecule has 1 amide bonds. The number of primary amides is 1. The smallest absolute Gasteiger partial charge is 0.241 e. The average Bonchev–Trinajstić information content (AvgIpc) is 2.26. The van der Waals surface area contributed by atoms with Crippen LogP contribution in [0, 0.1) is 0 Å². The molecule has 0 fully saturated rings. The van der Waals surface area contributed by atoms with E-state index in [-0.39, 0.29) is 0 Å². The minimum atomic E-state index is -0.510. The summed E-state index contributed by atoms with van der Waals surface area (Å²) in [5.41, 5.74) is 6.52. The molecule has 0 unspecified atom stereocenters. The molecule has 2 N–H and O–H groups in total. The number of hydrogen-bond donors (Lipinski definition) is 1. The predicted octanol–water partition coefficient (Wildman–Crippen LogP) is 2.39. The topological polar surface area (TPSA) is 56.0 Å². The van der Waals surface area contributed by atoms with E-state index in [2.05, 4.69) is 4.98 Å². The lowest BCUT2D eigenvalue weighted by Gasteiger charge is -2.01. The summed E-state index contributed by atoms with van der Waals surface area (Å²) in [6, 6.07) is 9.48. The molecule has 2 aromatic rings. The first-order valence-corrected chi connectivity index (χ1v) is 5.07. The van der Waals surface area contributed by atoms with E-state index in [0.717, 1.165) is 10.9 Å². The molecule has 0 bridgehead atoms. The first-order valence-electron chi connectivity index (χ1n) is 4.69. The largest absolute Gasteiger partial charge is 0.366 e. The number of carbonyl (C=O) groups excluding carboxylic acids is 1. The van der Waals surface area contributed by atoms with Gasteiger partial charge in [0, 0.05) is 17.0 Å². The zero-order valence-corrected chi connectivity index (χ0v) is 9.11. The maximum absolute atomic E-state index is 10.6. The molecule has 0 saturated heterocycles. The van der Waals surface area contributed by atoms with E-state index in [1.807, 2.05) is 30.3 Å². The van der Waals surface area contributed by atoms with Crippen LogP contribution in [0.3, 0.4) is 0 Å². The Morgan fingerprint density at radius 3 is 2.88 bits per heavy atom. The highest BCUT2D eigenvalue weighted by Gasteiger charge is 2.01. The number of carbonyl (C=O) groups is 1. The number of nitrogens with two attached hydrogens (primary N) is 1. The number of benzene rings is 1. The second kappa shape index (κ2) is 4.33. The summed E-state index contributed by atoms with van der Waals surface area (Å²) in [6.07, 6.45) is 2.82. The van der Waals surface area contributed by atoms with E-state index in [1.165, 1.54) is 6.08 Å². The van der Waals surface area contributed by atoms with Crippen LogP contribution in [-0.2, 0) is 4.79 Å². The first kappa shape index (κ1) is 10.6. The normalized spacial score (nSPS) is 11.1. The number of nitrogens with zero attached hydrogens (tertiary/aromatic N) is 1. The van der Waals surface area contributed by atoms with Crippen molar-refractivity contribution in [2.75, 3.05) is 0 Å². The highest BCUT2D eigenvalue weighted by Crippen LogP contribution is 2.21. The summed E-state index contributed by atoms with van der Waals surface area (Å²) < 4.78 is 0. The lowest BCUT2D eigenvalue weighted by Crippen LogP contribution is -2.05. The number of hydrogen-bond acceptors (Lipinski definition) is 2. The van der Waals surface area contributed by atoms with E-state index in [4.69, 9.17) is 17.3 Å². The van der Waals surface area contributed by atoms with Crippen molar-refractivity contribution in [2.45, 2.75) is 0 Å². The fourth-order valence-electron chi connectivity index (χ4n) is 1.40. The second-order valence-electron chi connectivity index (χ2n) is 3.30. The molecule has 1 aromatic carbocycles. The van der Waals surface area contributed by atoms with Crippen LogP contribution in [0.2, 0.25) is 5.15 Å². The van der Waals surface area contributed by atoms with Crippen molar-refractivity contribution < 1.29 is 4.79 Å². The third-order valence-electron chi connectivity index (χ3n) is 2.13. The Labute approximate surface area is 97.5 Å². The molecule has 1 aromatic heterocycles. The zero-order valence-electron chi connectivity index (χ0n) is 8.35. The minimum Gasteiger partial charge on any atom is -0.366 e. The van der Waals surface area contributed by atoms with Crippen molar-refractivity contribution in [1.82, 2.24) is 4.98 Å². The van der Waals surface area contributed by atoms with Gasteiger partial charge >= 0.3 is 0 Å². The van der Waals surface area contributed by atoms with Gasteiger partial charge in [0.05, 0.1) is 5.52 Å². The Bertz CT molecular complexity index is 578. The fraction of sp³-hybridized carbons (Fsp3) is 0. The quantitative estimate of drug-likeness (QED) is 0.639. The summed E-state index contributed by atoms with van der Waals surface area (Å²) in [5.74, 6) is -0.510. The SMILES string of the molecule is NC(=O)/C=C/c1cc2ccccc2nc1Cl. The van der Waals surface area contributed by atoms with Crippen LogP contribution in [0.4, 0.5) is 0 Å². The van der Waals surface area contributed by atoms with Crippen LogP contribution in [-0.4, -0.2) is 10.9 Å². The van der Waals surface area contributed by atoms with E-state index >= 15 is 0 Å². The summed E-state index contributed by atoms with van der Waals surface area (Å²) in [4.78, 5) is 14.8. The Hall–Kier alpha value is -1.87. The molecule has 3 nitrogen and oxygen atoms in total. The van der Waals surface area contributed by atoms with Gasteiger partial charge in [0.25, 0.3) is 0 Å². The second-order valence-corrected chi connectivity index (χ2v) is 3.65. The number of amides is 1. The Morgan fingerprint density at radius 1 is 1.38 bits per heavy atom. The number of pyridine rings is 1. The van der Waals surface area contributed by atoms with Gasteiger partial charge in [-0.15, -0.1) is 0 Å². The molecular formula is C12H9ClN2O. The van der Waals surface area contributed by atoms with Gasteiger partial charge in [0.1, 0.15) is 5.15 Å². The summed E-state index contributed by atoms with van der Waals surface area (Å²) in [7, 11) is 0. The summed E-state index contributed by atoms with van der Waals surface area (Å²) >= 11 is 5.97. The van der Waals surface area contributed by atoms with Crippen LogP contribution in [0.25, 0.3) is 17.0 Å². The average molecular weight is 233 g/mol. The Balaban J connectivity index is 2.54. The molecule has 16 heavy (non-hydrogen) atoms. The molecule has 0 saturated carbocycles. The Morgan fingerprint density at radius 2 is 2.12 bits per heavy atom. The van der Waals surface area contributed by atoms with Crippen molar-refractivity contribution in [3.63, 3.8) is 0 Å². The molecule has 0 spiro atoms. The van der Waals surface area contributed by atoms with Crippen molar-refractivity contribution >= 4 is 34.5 Å². The van der Waals surface area contributed by atoms with E-state index in [9.17, 15) is 4.79 Å². The molecule has 0 aliphatic heterocycles. The molecule has 80 valence electrons. The monoisotopic (exact) mass is 232 g/mol. The van der Waals surface area contributed by atoms with Gasteiger partial charge in [-0.1, -0.05) is 29.8 Å². The van der Waals surface area contributed by atoms with Gasteiger partial charge in [-0.2, -0.15) is 0 Å². The molecular weight excluding hydrogens is 224 g/mol. The summed E-state index contributed by atoms with van der Waals surface area (Å²) in [5, 5.41) is 1.33. The highest BCUT2D eigenvalue weighted by molar-refractivity contribution is 6.31. The standard InChI is InChI=1S/C12H9ClN2O/c13-12-9(5-6-11(14)16)7-8-3-1-2-4-10(8)15-12/h1-7H,(H2,14,16)/b6-5+. The number of aromatic nitrogens is 1. The van der Waals surface area contributed by atoms with Crippen molar-refractivity contribution in [1.29, 1.82) is 0 Å². The molecule has 1 heterocycles. The van der Waals surface area contributed by atoms with Gasteiger partial charge in [-0.3, -0.25) is 4.79 Å². The predicted molar refractivity (Wildman–Crippen MR) is 65.0 cm³/mol. The van der Waals surface area contributed by atoms with Gasteiger partial charge in [0.2, 0.25) is 5.91 Å². The van der Waals surface area contributed by atoms with Crippen LogP contribution >= 0.6 is 11.6 Å². The zero-order chi connectivity index (χ0) is 11.5. The van der Waals surface area contributed by atoms with Gasteiger partial charge < -0.3 is 5.73 Å². The van der Waals surface area contributed by atoms with Crippen LogP contribution in [0.1, 0.15) is 5.56 Å². The van der Waals surface area contributed by atoms with Crippen molar-refractivity contribution in [3.05, 3.63) is 47.1 Å². The maximum Gasteiger partial charge on any atom is 0.241 e. The summed E-state index contributed by atoms with van der Waals surface area (Å²) in [6.45, 7) is 0. The number of fused-ring (bicyclic) bond motifs is 1. The van der Waals surface area contributed by atoms with E-state index in [0.29, 0.717) is 10.7 Å². The fourth-order valence-corrected chi connectivity index (χ4v) is 1.61. The lowest BCUT2D eigenvalue weighted by atomic mass is 10.1. The molecule has 0 aliphatic rings. The van der Waals surface area contributed by atoms with Crippen molar-refractivity contribution in [3.8, 4) is 0 Å². The Kier molecular flexibility index (Phi) is 2.88. The van der Waals surface area contributed by atoms with Gasteiger partial charge in [-0.05, 0) is 18.2 Å². The molecule has 2 rings (SSSR count). The lowest BCUT2D eigenvalue weighted by molar-refractivity contribution is -0.113. The number of halogens is 1. The van der Waals surface area contributed by atoms with Gasteiger partial charge in [0.15, 0.2) is 0 Å². The minimum absolute atomic E-state index is 0.358.